The van der Waals surface area contributed by atoms with Crippen LogP contribution in [0.15, 0.2) is 23.2 Å². The summed E-state index contributed by atoms with van der Waals surface area (Å²) >= 11 is 0. The lowest BCUT2D eigenvalue weighted by Gasteiger charge is -2.09. The van der Waals surface area contributed by atoms with E-state index in [0.29, 0.717) is 12.4 Å². The molecular weight excluding hydrogens is 254 g/mol. The number of aromatic nitrogens is 1. The minimum absolute atomic E-state index is 0.0892. The molecule has 18 heavy (non-hydrogen) atoms. The zero-order chi connectivity index (χ0) is 13.6. The predicted molar refractivity (Wildman–Crippen MR) is 70.1 cm³/mol. The monoisotopic (exact) mass is 273 g/mol. The van der Waals surface area contributed by atoms with E-state index < -0.39 is 10.0 Å². The van der Waals surface area contributed by atoms with Crippen LogP contribution >= 0.6 is 0 Å². The summed E-state index contributed by atoms with van der Waals surface area (Å²) in [5, 5.41) is 2.79. The van der Waals surface area contributed by atoms with E-state index in [1.807, 2.05) is 13.8 Å². The van der Waals surface area contributed by atoms with Crippen molar-refractivity contribution in [2.24, 2.45) is 0 Å². The van der Waals surface area contributed by atoms with Gasteiger partial charge >= 0.3 is 0 Å². The second kappa shape index (κ2) is 6.67. The fraction of sp³-hybridized carbons (Fsp3) is 0.545. The number of anilines is 1. The van der Waals surface area contributed by atoms with E-state index in [1.165, 1.54) is 18.3 Å². The van der Waals surface area contributed by atoms with Crippen molar-refractivity contribution in [1.29, 1.82) is 0 Å². The molecule has 0 amide bonds. The average molecular weight is 273 g/mol. The van der Waals surface area contributed by atoms with Gasteiger partial charge in [-0.15, -0.1) is 0 Å². The summed E-state index contributed by atoms with van der Waals surface area (Å²) in [5.41, 5.74) is 0. The molecule has 0 atom stereocenters. The molecule has 2 N–H and O–H groups in total. The summed E-state index contributed by atoms with van der Waals surface area (Å²) < 4.78 is 31.6. The van der Waals surface area contributed by atoms with E-state index in [4.69, 9.17) is 4.74 Å². The third kappa shape index (κ3) is 4.59. The standard InChI is InChI=1S/C11H19N3O3S/c1-9(2)17-7-6-14-18(15,16)10-4-5-13-11(8-10)12-3/h4-5,8-9,14H,6-7H2,1-3H3,(H,12,13). The Bertz CT molecular complexity index is 474. The van der Waals surface area contributed by atoms with Gasteiger partial charge in [0.2, 0.25) is 10.0 Å². The third-order valence-electron chi connectivity index (χ3n) is 2.14. The molecule has 0 aliphatic heterocycles. The molecule has 0 aliphatic carbocycles. The number of hydrogen-bond donors (Lipinski definition) is 2. The highest BCUT2D eigenvalue weighted by atomic mass is 32.2. The molecule has 0 saturated heterocycles. The molecule has 0 spiro atoms. The van der Waals surface area contributed by atoms with Crippen molar-refractivity contribution in [3.63, 3.8) is 0 Å². The lowest BCUT2D eigenvalue weighted by atomic mass is 10.5. The molecule has 0 bridgehead atoms. The van der Waals surface area contributed by atoms with Crippen LogP contribution in [0.2, 0.25) is 0 Å². The summed E-state index contributed by atoms with van der Waals surface area (Å²) in [5.74, 6) is 0.510. The summed E-state index contributed by atoms with van der Waals surface area (Å²) in [6, 6.07) is 2.93. The highest BCUT2D eigenvalue weighted by Gasteiger charge is 2.13. The van der Waals surface area contributed by atoms with Gasteiger partial charge in [0.25, 0.3) is 0 Å². The van der Waals surface area contributed by atoms with Crippen LogP contribution in [0.1, 0.15) is 13.8 Å². The fourth-order valence-electron chi connectivity index (χ4n) is 1.27. The Morgan fingerprint density at radius 1 is 1.44 bits per heavy atom. The minimum Gasteiger partial charge on any atom is -0.377 e. The molecule has 1 heterocycles. The average Bonchev–Trinajstić information content (AvgIpc) is 2.34. The van der Waals surface area contributed by atoms with Crippen molar-refractivity contribution in [3.05, 3.63) is 18.3 Å². The van der Waals surface area contributed by atoms with Gasteiger partial charge in [0.05, 0.1) is 17.6 Å². The number of nitrogens with zero attached hydrogens (tertiary/aromatic N) is 1. The van der Waals surface area contributed by atoms with Crippen molar-refractivity contribution in [3.8, 4) is 0 Å². The fourth-order valence-corrected chi connectivity index (χ4v) is 2.29. The largest absolute Gasteiger partial charge is 0.377 e. The second-order valence-corrected chi connectivity index (χ2v) is 5.71. The zero-order valence-corrected chi connectivity index (χ0v) is 11.6. The number of hydrogen-bond acceptors (Lipinski definition) is 5. The number of ether oxygens (including phenoxy) is 1. The zero-order valence-electron chi connectivity index (χ0n) is 10.8. The third-order valence-corrected chi connectivity index (χ3v) is 3.60. The van der Waals surface area contributed by atoms with Crippen molar-refractivity contribution < 1.29 is 13.2 Å². The first-order valence-corrected chi connectivity index (χ1v) is 7.19. The molecule has 0 aliphatic rings. The number of sulfonamides is 1. The molecule has 6 nitrogen and oxygen atoms in total. The van der Waals surface area contributed by atoms with Crippen LogP contribution in [0.4, 0.5) is 5.82 Å². The Kier molecular flexibility index (Phi) is 5.52. The van der Waals surface area contributed by atoms with Crippen molar-refractivity contribution in [2.45, 2.75) is 24.8 Å². The van der Waals surface area contributed by atoms with Gasteiger partial charge in [-0.1, -0.05) is 0 Å². The second-order valence-electron chi connectivity index (χ2n) is 3.94. The van der Waals surface area contributed by atoms with Gasteiger partial charge in [0, 0.05) is 25.9 Å². The highest BCUT2D eigenvalue weighted by molar-refractivity contribution is 7.89. The lowest BCUT2D eigenvalue weighted by molar-refractivity contribution is 0.0834. The van der Waals surface area contributed by atoms with Crippen LogP contribution < -0.4 is 10.0 Å². The molecular formula is C11H19N3O3S. The van der Waals surface area contributed by atoms with Gasteiger partial charge in [-0.05, 0) is 19.9 Å². The normalized spacial score (nSPS) is 11.8. The van der Waals surface area contributed by atoms with Crippen molar-refractivity contribution >= 4 is 15.8 Å². The molecule has 1 aromatic heterocycles. The molecule has 1 rings (SSSR count). The van der Waals surface area contributed by atoms with Gasteiger partial charge in [-0.2, -0.15) is 0 Å². The van der Waals surface area contributed by atoms with Crippen LogP contribution in [-0.2, 0) is 14.8 Å². The molecule has 0 saturated carbocycles. The molecule has 0 aromatic carbocycles. The van der Waals surface area contributed by atoms with E-state index in [9.17, 15) is 8.42 Å². The van der Waals surface area contributed by atoms with Crippen LogP contribution in [0.5, 0.6) is 0 Å². The Morgan fingerprint density at radius 3 is 2.78 bits per heavy atom. The molecule has 102 valence electrons. The van der Waals surface area contributed by atoms with Gasteiger partial charge < -0.3 is 10.1 Å². The Balaban J connectivity index is 2.62. The van der Waals surface area contributed by atoms with Crippen LogP contribution in [0, 0.1) is 0 Å². The first kappa shape index (κ1) is 14.9. The van der Waals surface area contributed by atoms with E-state index in [0.717, 1.165) is 0 Å². The maximum atomic E-state index is 11.9. The van der Waals surface area contributed by atoms with E-state index >= 15 is 0 Å². The summed E-state index contributed by atoms with van der Waals surface area (Å²) in [4.78, 5) is 4.15. The van der Waals surface area contributed by atoms with Gasteiger partial charge in [0.15, 0.2) is 0 Å². The summed E-state index contributed by atoms with van der Waals surface area (Å²) in [6.45, 7) is 4.39. The Morgan fingerprint density at radius 2 is 2.17 bits per heavy atom. The quantitative estimate of drug-likeness (QED) is 0.719. The summed E-state index contributed by atoms with van der Waals surface area (Å²) in [7, 11) is -1.82. The topological polar surface area (TPSA) is 80.3 Å². The van der Waals surface area contributed by atoms with Gasteiger partial charge in [0.1, 0.15) is 5.82 Å². The smallest absolute Gasteiger partial charge is 0.240 e. The van der Waals surface area contributed by atoms with Crippen molar-refractivity contribution in [1.82, 2.24) is 9.71 Å². The maximum Gasteiger partial charge on any atom is 0.240 e. The molecule has 7 heteroatoms. The maximum absolute atomic E-state index is 11.9. The predicted octanol–water partition coefficient (Wildman–Crippen LogP) is 0.827. The number of nitrogens with one attached hydrogen (secondary N) is 2. The Labute approximate surface area is 108 Å². The Hall–Kier alpha value is -1.18. The number of rotatable bonds is 7. The van der Waals surface area contributed by atoms with E-state index in [2.05, 4.69) is 15.0 Å². The minimum atomic E-state index is -3.50. The molecule has 0 unspecified atom stereocenters. The molecule has 0 fully saturated rings. The van der Waals surface area contributed by atoms with Gasteiger partial charge in [-0.25, -0.2) is 18.1 Å². The van der Waals surface area contributed by atoms with Crippen molar-refractivity contribution in [2.75, 3.05) is 25.5 Å². The first-order chi connectivity index (χ1) is 8.45. The molecule has 1 aromatic rings. The van der Waals surface area contributed by atoms with Gasteiger partial charge in [-0.3, -0.25) is 0 Å². The van der Waals surface area contributed by atoms with Crippen LogP contribution in [0.3, 0.4) is 0 Å². The first-order valence-electron chi connectivity index (χ1n) is 5.71. The van der Waals surface area contributed by atoms with Crippen LogP contribution in [0.25, 0.3) is 0 Å². The SMILES string of the molecule is CNc1cc(S(=O)(=O)NCCOC(C)C)ccn1. The lowest BCUT2D eigenvalue weighted by Crippen LogP contribution is -2.28. The van der Waals surface area contributed by atoms with E-state index in [1.54, 1.807) is 7.05 Å². The number of pyridine rings is 1. The summed E-state index contributed by atoms with van der Waals surface area (Å²) in [6.07, 6.45) is 1.54. The highest BCUT2D eigenvalue weighted by Crippen LogP contribution is 2.11. The van der Waals surface area contributed by atoms with Crippen LogP contribution in [-0.4, -0.2) is 39.7 Å². The molecule has 0 radical (unpaired) electrons. The van der Waals surface area contributed by atoms with E-state index in [-0.39, 0.29) is 17.5 Å².